The first-order valence-electron chi connectivity index (χ1n) is 4.37. The number of halogens is 2. The first-order valence-corrected chi connectivity index (χ1v) is 5.12. The van der Waals surface area contributed by atoms with Gasteiger partial charge in [0.05, 0.1) is 0 Å². The van der Waals surface area contributed by atoms with E-state index in [1.165, 1.54) is 0 Å². The molecule has 3 aromatic heterocycles. The van der Waals surface area contributed by atoms with Crippen molar-refractivity contribution in [3.8, 4) is 11.6 Å². The van der Waals surface area contributed by atoms with Crippen LogP contribution in [0.3, 0.4) is 0 Å². The normalized spacial score (nSPS) is 11.1. The molecule has 0 aliphatic heterocycles. The van der Waals surface area contributed by atoms with E-state index in [1.54, 1.807) is 18.3 Å². The number of hydrogen-bond acceptors (Lipinski definition) is 4. The Morgan fingerprint density at radius 1 is 1.31 bits per heavy atom. The lowest BCUT2D eigenvalue weighted by Crippen LogP contribution is -1.78. The lowest BCUT2D eigenvalue weighted by molar-refractivity contribution is 0.616. The highest BCUT2D eigenvalue weighted by molar-refractivity contribution is 6.42. The van der Waals surface area contributed by atoms with E-state index in [4.69, 9.17) is 27.6 Å². The van der Waals surface area contributed by atoms with Crippen LogP contribution >= 0.6 is 23.2 Å². The van der Waals surface area contributed by atoms with Crippen LogP contribution in [0.5, 0.6) is 0 Å². The zero-order valence-corrected chi connectivity index (χ0v) is 9.25. The Balaban J connectivity index is 2.23. The Hall–Kier alpha value is -1.59. The fourth-order valence-electron chi connectivity index (χ4n) is 1.32. The standard InChI is InChI=1S/C9H4Cl2N4O/c10-5-6(14-15-7(5)11)9-13-8-4(16-9)2-1-3-12-8/h1-3H,(H,14,15). The molecule has 0 saturated heterocycles. The molecule has 0 saturated carbocycles. The van der Waals surface area contributed by atoms with E-state index in [9.17, 15) is 0 Å². The first-order chi connectivity index (χ1) is 7.75. The minimum Gasteiger partial charge on any atom is -0.433 e. The van der Waals surface area contributed by atoms with Crippen molar-refractivity contribution >= 4 is 34.4 Å². The molecule has 0 spiro atoms. The Morgan fingerprint density at radius 2 is 2.19 bits per heavy atom. The van der Waals surface area contributed by atoms with E-state index in [0.29, 0.717) is 22.8 Å². The summed E-state index contributed by atoms with van der Waals surface area (Å²) in [6, 6.07) is 3.53. The summed E-state index contributed by atoms with van der Waals surface area (Å²) in [5, 5.41) is 6.99. The van der Waals surface area contributed by atoms with Gasteiger partial charge >= 0.3 is 0 Å². The van der Waals surface area contributed by atoms with Gasteiger partial charge in [0.15, 0.2) is 16.9 Å². The third-order valence-corrected chi connectivity index (χ3v) is 2.77. The number of nitrogens with one attached hydrogen (secondary N) is 1. The van der Waals surface area contributed by atoms with Crippen molar-refractivity contribution in [2.24, 2.45) is 0 Å². The summed E-state index contributed by atoms with van der Waals surface area (Å²) >= 11 is 11.7. The zero-order valence-electron chi connectivity index (χ0n) is 7.74. The number of aromatic nitrogens is 4. The molecule has 16 heavy (non-hydrogen) atoms. The van der Waals surface area contributed by atoms with E-state index in [1.807, 2.05) is 0 Å². The number of nitrogens with zero attached hydrogens (tertiary/aromatic N) is 3. The van der Waals surface area contributed by atoms with Gasteiger partial charge in [-0.25, -0.2) is 4.98 Å². The topological polar surface area (TPSA) is 67.6 Å². The molecule has 0 aromatic carbocycles. The summed E-state index contributed by atoms with van der Waals surface area (Å²) in [5.74, 6) is 0.293. The van der Waals surface area contributed by atoms with Gasteiger partial charge < -0.3 is 4.42 Å². The Kier molecular flexibility index (Phi) is 2.08. The molecule has 0 aliphatic rings. The number of oxazole rings is 1. The van der Waals surface area contributed by atoms with Crippen LogP contribution in [0.1, 0.15) is 0 Å². The van der Waals surface area contributed by atoms with Gasteiger partial charge in [0.2, 0.25) is 0 Å². The Morgan fingerprint density at radius 3 is 2.88 bits per heavy atom. The highest BCUT2D eigenvalue weighted by Crippen LogP contribution is 2.31. The number of pyridine rings is 1. The largest absolute Gasteiger partial charge is 0.433 e. The summed E-state index contributed by atoms with van der Waals surface area (Å²) in [4.78, 5) is 8.20. The van der Waals surface area contributed by atoms with Gasteiger partial charge in [0, 0.05) is 6.20 Å². The third-order valence-electron chi connectivity index (χ3n) is 2.03. The fourth-order valence-corrected chi connectivity index (χ4v) is 1.62. The monoisotopic (exact) mass is 254 g/mol. The minimum absolute atomic E-state index is 0.256. The average Bonchev–Trinajstić information content (AvgIpc) is 2.84. The van der Waals surface area contributed by atoms with E-state index < -0.39 is 0 Å². The van der Waals surface area contributed by atoms with Crippen LogP contribution in [0, 0.1) is 0 Å². The van der Waals surface area contributed by atoms with Gasteiger partial charge in [-0.1, -0.05) is 23.2 Å². The Labute approximate surface area is 99.4 Å². The molecule has 1 N–H and O–H groups in total. The molecule has 7 heteroatoms. The second kappa shape index (κ2) is 3.47. The van der Waals surface area contributed by atoms with Gasteiger partial charge in [-0.3, -0.25) is 5.10 Å². The summed E-state index contributed by atoms with van der Waals surface area (Å²) in [7, 11) is 0. The highest BCUT2D eigenvalue weighted by Gasteiger charge is 2.17. The molecule has 5 nitrogen and oxygen atoms in total. The maximum Gasteiger partial charge on any atom is 0.251 e. The quantitative estimate of drug-likeness (QED) is 0.725. The van der Waals surface area contributed by atoms with Crippen LogP contribution in [0.15, 0.2) is 22.7 Å². The molecule has 0 fully saturated rings. The second-order valence-corrected chi connectivity index (χ2v) is 3.80. The van der Waals surface area contributed by atoms with Gasteiger partial charge in [-0.05, 0) is 12.1 Å². The number of fused-ring (bicyclic) bond motifs is 1. The van der Waals surface area contributed by atoms with Crippen molar-refractivity contribution in [2.45, 2.75) is 0 Å². The summed E-state index contributed by atoms with van der Waals surface area (Å²) in [5.41, 5.74) is 1.46. The molecule has 0 atom stereocenters. The van der Waals surface area contributed by atoms with Gasteiger partial charge in [0.25, 0.3) is 5.89 Å². The van der Waals surface area contributed by atoms with E-state index >= 15 is 0 Å². The maximum atomic E-state index is 5.92. The van der Waals surface area contributed by atoms with Crippen LogP contribution < -0.4 is 0 Å². The lowest BCUT2D eigenvalue weighted by Gasteiger charge is -1.87. The third kappa shape index (κ3) is 1.36. The molecule has 3 aromatic rings. The van der Waals surface area contributed by atoms with Crippen LogP contribution in [0.25, 0.3) is 22.8 Å². The second-order valence-electron chi connectivity index (χ2n) is 3.04. The smallest absolute Gasteiger partial charge is 0.251 e. The predicted molar refractivity (Wildman–Crippen MR) is 59.4 cm³/mol. The van der Waals surface area contributed by atoms with Gasteiger partial charge in [-0.2, -0.15) is 10.1 Å². The van der Waals surface area contributed by atoms with Gasteiger partial charge in [0.1, 0.15) is 10.2 Å². The van der Waals surface area contributed by atoms with Crippen LogP contribution in [0.4, 0.5) is 0 Å². The van der Waals surface area contributed by atoms with Crippen molar-refractivity contribution in [1.29, 1.82) is 0 Å². The molecular weight excluding hydrogens is 251 g/mol. The van der Waals surface area contributed by atoms with Crippen molar-refractivity contribution in [3.05, 3.63) is 28.5 Å². The molecule has 0 amide bonds. The molecule has 0 unspecified atom stereocenters. The molecule has 80 valence electrons. The average molecular weight is 255 g/mol. The van der Waals surface area contributed by atoms with Crippen LogP contribution in [0.2, 0.25) is 10.2 Å². The van der Waals surface area contributed by atoms with E-state index in [2.05, 4.69) is 20.2 Å². The lowest BCUT2D eigenvalue weighted by atomic mass is 10.4. The first kappa shape index (κ1) is 9.62. The molecule has 0 aliphatic carbocycles. The van der Waals surface area contributed by atoms with Crippen molar-refractivity contribution in [3.63, 3.8) is 0 Å². The van der Waals surface area contributed by atoms with Crippen molar-refractivity contribution in [2.75, 3.05) is 0 Å². The molecule has 0 radical (unpaired) electrons. The van der Waals surface area contributed by atoms with Gasteiger partial charge in [-0.15, -0.1) is 0 Å². The number of aromatic amines is 1. The molecule has 0 bridgehead atoms. The number of hydrogen-bond donors (Lipinski definition) is 1. The zero-order chi connectivity index (χ0) is 11.1. The van der Waals surface area contributed by atoms with E-state index in [-0.39, 0.29) is 10.2 Å². The molecule has 3 rings (SSSR count). The summed E-state index contributed by atoms with van der Waals surface area (Å²) < 4.78 is 5.45. The molecular formula is C9H4Cl2N4O. The number of rotatable bonds is 1. The number of H-pyrrole nitrogens is 1. The Bertz CT molecular complexity index is 627. The molecule has 3 heterocycles. The van der Waals surface area contributed by atoms with Crippen LogP contribution in [-0.2, 0) is 0 Å². The minimum atomic E-state index is 0.256. The van der Waals surface area contributed by atoms with Crippen molar-refractivity contribution in [1.82, 2.24) is 20.2 Å². The summed E-state index contributed by atoms with van der Waals surface area (Å²) in [6.45, 7) is 0. The van der Waals surface area contributed by atoms with Crippen LogP contribution in [-0.4, -0.2) is 20.2 Å². The SMILES string of the molecule is Clc1[nH]nc(-c2nc3ncccc3o2)c1Cl. The summed E-state index contributed by atoms with van der Waals surface area (Å²) in [6.07, 6.45) is 1.63. The fraction of sp³-hybridized carbons (Fsp3) is 0. The highest BCUT2D eigenvalue weighted by atomic mass is 35.5. The van der Waals surface area contributed by atoms with Crippen molar-refractivity contribution < 1.29 is 4.42 Å². The van der Waals surface area contributed by atoms with E-state index in [0.717, 1.165) is 0 Å². The maximum absolute atomic E-state index is 5.92. The predicted octanol–water partition coefficient (Wildman–Crippen LogP) is 2.92.